The molecule has 0 unspecified atom stereocenters. The van der Waals surface area contributed by atoms with Gasteiger partial charge in [0.2, 0.25) is 5.95 Å². The van der Waals surface area contributed by atoms with Gasteiger partial charge in [-0.2, -0.15) is 10.1 Å². The molecule has 1 aliphatic heterocycles. The largest absolute Gasteiger partial charge is 0.341 e. The molecule has 0 atom stereocenters. The molecule has 128 valence electrons. The van der Waals surface area contributed by atoms with Gasteiger partial charge in [0.1, 0.15) is 0 Å². The van der Waals surface area contributed by atoms with Crippen molar-refractivity contribution in [2.24, 2.45) is 7.05 Å². The molecule has 4 rings (SSSR count). The highest BCUT2D eigenvalue weighted by molar-refractivity contribution is 5.84. The first kappa shape index (κ1) is 15.8. The summed E-state index contributed by atoms with van der Waals surface area (Å²) >= 11 is 0. The highest BCUT2D eigenvalue weighted by atomic mass is 15.3. The Bertz CT molecular complexity index is 876. The van der Waals surface area contributed by atoms with Gasteiger partial charge in [0.15, 0.2) is 5.65 Å². The first-order valence-corrected chi connectivity index (χ1v) is 8.96. The van der Waals surface area contributed by atoms with Crippen LogP contribution >= 0.6 is 0 Å². The third-order valence-electron chi connectivity index (χ3n) is 4.72. The van der Waals surface area contributed by atoms with E-state index in [0.29, 0.717) is 0 Å². The molecule has 3 heterocycles. The van der Waals surface area contributed by atoms with Crippen molar-refractivity contribution in [1.29, 1.82) is 0 Å². The Morgan fingerprint density at radius 3 is 2.64 bits per heavy atom. The summed E-state index contributed by atoms with van der Waals surface area (Å²) in [5.41, 5.74) is 3.15. The number of piperidine rings is 1. The van der Waals surface area contributed by atoms with Crippen molar-refractivity contribution in [2.45, 2.75) is 25.7 Å². The number of hydrogen-bond donors (Lipinski definition) is 0. The van der Waals surface area contributed by atoms with Gasteiger partial charge in [-0.15, -0.1) is 0 Å². The molecule has 5 nitrogen and oxygen atoms in total. The Balaban J connectivity index is 1.66. The van der Waals surface area contributed by atoms with Gasteiger partial charge in [0.05, 0.1) is 17.3 Å². The standard InChI is InChI=1S/C20H23N5/c1-24-19-17(15-21-24)18(12-8-11-16-9-4-2-5-10-16)22-20(23-19)25-13-6-3-7-14-25/h2,4-5,8-10,12,15H,3,6-7,11,13-14H2,1H3/b12-8-. The predicted molar refractivity (Wildman–Crippen MR) is 102 cm³/mol. The molecule has 0 N–H and O–H groups in total. The number of benzene rings is 1. The van der Waals surface area contributed by atoms with Crippen LogP contribution in [0.2, 0.25) is 0 Å². The molecule has 1 aromatic carbocycles. The summed E-state index contributed by atoms with van der Waals surface area (Å²) in [5, 5.41) is 5.38. The Hall–Kier alpha value is -2.69. The van der Waals surface area contributed by atoms with Crippen molar-refractivity contribution in [2.75, 3.05) is 18.0 Å². The number of allylic oxidation sites excluding steroid dienone is 1. The second kappa shape index (κ2) is 7.05. The Labute approximate surface area is 148 Å². The monoisotopic (exact) mass is 333 g/mol. The lowest BCUT2D eigenvalue weighted by atomic mass is 10.1. The van der Waals surface area contributed by atoms with E-state index in [9.17, 15) is 0 Å². The van der Waals surface area contributed by atoms with Crippen LogP contribution in [0.25, 0.3) is 17.1 Å². The Kier molecular flexibility index (Phi) is 4.46. The second-order valence-electron chi connectivity index (χ2n) is 6.55. The van der Waals surface area contributed by atoms with Crippen molar-refractivity contribution in [3.8, 4) is 0 Å². The maximum atomic E-state index is 4.84. The number of aryl methyl sites for hydroxylation is 1. The highest BCUT2D eigenvalue weighted by Gasteiger charge is 2.17. The number of hydrogen-bond acceptors (Lipinski definition) is 4. The van der Waals surface area contributed by atoms with Gasteiger partial charge in [-0.3, -0.25) is 4.68 Å². The van der Waals surface area contributed by atoms with E-state index in [2.05, 4.69) is 46.4 Å². The molecule has 3 aromatic rings. The SMILES string of the molecule is Cn1ncc2c(/C=C\Cc3ccccc3)nc(N3CCCCC3)nc21. The molecule has 1 aliphatic rings. The van der Waals surface area contributed by atoms with Crippen LogP contribution in [0.1, 0.15) is 30.5 Å². The molecule has 0 saturated carbocycles. The van der Waals surface area contributed by atoms with Gasteiger partial charge in [-0.05, 0) is 37.3 Å². The molecule has 0 spiro atoms. The first-order chi connectivity index (χ1) is 12.3. The summed E-state index contributed by atoms with van der Waals surface area (Å²) < 4.78 is 1.83. The normalized spacial score (nSPS) is 15.3. The van der Waals surface area contributed by atoms with Crippen LogP contribution in [-0.4, -0.2) is 32.8 Å². The van der Waals surface area contributed by atoms with Crippen molar-refractivity contribution >= 4 is 23.1 Å². The van der Waals surface area contributed by atoms with Gasteiger partial charge < -0.3 is 4.90 Å². The maximum Gasteiger partial charge on any atom is 0.227 e. The van der Waals surface area contributed by atoms with Crippen LogP contribution in [0.15, 0.2) is 42.6 Å². The molecule has 5 heteroatoms. The van der Waals surface area contributed by atoms with Gasteiger partial charge in [-0.1, -0.05) is 36.4 Å². The molecule has 0 bridgehead atoms. The third kappa shape index (κ3) is 3.40. The van der Waals surface area contributed by atoms with Crippen molar-refractivity contribution in [3.63, 3.8) is 0 Å². The van der Waals surface area contributed by atoms with Crippen molar-refractivity contribution < 1.29 is 0 Å². The molecule has 0 amide bonds. The van der Waals surface area contributed by atoms with Crippen LogP contribution in [0.3, 0.4) is 0 Å². The lowest BCUT2D eigenvalue weighted by Gasteiger charge is -2.26. The average Bonchev–Trinajstić information content (AvgIpc) is 3.04. The van der Waals surface area contributed by atoms with Crippen molar-refractivity contribution in [3.05, 3.63) is 53.9 Å². The Morgan fingerprint density at radius 1 is 1.04 bits per heavy atom. The van der Waals surface area contributed by atoms with Crippen LogP contribution in [-0.2, 0) is 13.5 Å². The van der Waals surface area contributed by atoms with Crippen molar-refractivity contribution in [1.82, 2.24) is 19.7 Å². The molecule has 0 radical (unpaired) electrons. The minimum absolute atomic E-state index is 0.829. The first-order valence-electron chi connectivity index (χ1n) is 8.96. The number of rotatable bonds is 4. The number of fused-ring (bicyclic) bond motifs is 1. The van der Waals surface area contributed by atoms with E-state index in [1.54, 1.807) is 0 Å². The molecule has 1 fully saturated rings. The fourth-order valence-corrected chi connectivity index (χ4v) is 3.32. The van der Waals surface area contributed by atoms with Gasteiger partial charge in [-0.25, -0.2) is 4.98 Å². The summed E-state index contributed by atoms with van der Waals surface area (Å²) in [5.74, 6) is 0.829. The van der Waals surface area contributed by atoms with E-state index in [1.165, 1.54) is 24.8 Å². The van der Waals surface area contributed by atoms with Gasteiger partial charge >= 0.3 is 0 Å². The van der Waals surface area contributed by atoms with E-state index in [-0.39, 0.29) is 0 Å². The summed E-state index contributed by atoms with van der Waals surface area (Å²) in [6, 6.07) is 10.5. The van der Waals surface area contributed by atoms with E-state index in [1.807, 2.05) is 24.0 Å². The molecule has 25 heavy (non-hydrogen) atoms. The van der Waals surface area contributed by atoms with E-state index in [0.717, 1.165) is 42.2 Å². The maximum absolute atomic E-state index is 4.84. The van der Waals surface area contributed by atoms with E-state index < -0.39 is 0 Å². The summed E-state index contributed by atoms with van der Waals surface area (Å²) in [6.07, 6.45) is 10.8. The lowest BCUT2D eigenvalue weighted by Crippen LogP contribution is -2.31. The Morgan fingerprint density at radius 2 is 1.84 bits per heavy atom. The zero-order valence-corrected chi connectivity index (χ0v) is 14.6. The van der Waals surface area contributed by atoms with Gasteiger partial charge in [0, 0.05) is 20.1 Å². The minimum Gasteiger partial charge on any atom is -0.341 e. The number of aromatic nitrogens is 4. The molecular weight excluding hydrogens is 310 g/mol. The zero-order valence-electron chi connectivity index (χ0n) is 14.6. The minimum atomic E-state index is 0.829. The van der Waals surface area contributed by atoms with Crippen LogP contribution in [0, 0.1) is 0 Å². The average molecular weight is 333 g/mol. The molecular formula is C20H23N5. The van der Waals surface area contributed by atoms with Crippen LogP contribution < -0.4 is 4.90 Å². The summed E-state index contributed by atoms with van der Waals surface area (Å²) in [7, 11) is 1.94. The van der Waals surface area contributed by atoms with Crippen LogP contribution in [0.5, 0.6) is 0 Å². The molecule has 2 aromatic heterocycles. The second-order valence-corrected chi connectivity index (χ2v) is 6.55. The number of anilines is 1. The highest BCUT2D eigenvalue weighted by Crippen LogP contribution is 2.22. The lowest BCUT2D eigenvalue weighted by molar-refractivity contribution is 0.568. The topological polar surface area (TPSA) is 46.8 Å². The van der Waals surface area contributed by atoms with E-state index >= 15 is 0 Å². The molecule has 0 aliphatic carbocycles. The van der Waals surface area contributed by atoms with Crippen LogP contribution in [0.4, 0.5) is 5.95 Å². The summed E-state index contributed by atoms with van der Waals surface area (Å²) in [6.45, 7) is 2.08. The van der Waals surface area contributed by atoms with E-state index in [4.69, 9.17) is 9.97 Å². The van der Waals surface area contributed by atoms with Gasteiger partial charge in [0.25, 0.3) is 0 Å². The third-order valence-corrected chi connectivity index (χ3v) is 4.72. The predicted octanol–water partition coefficient (Wildman–Crippen LogP) is 3.61. The number of nitrogens with zero attached hydrogens (tertiary/aromatic N) is 5. The summed E-state index contributed by atoms with van der Waals surface area (Å²) in [4.78, 5) is 11.9. The molecule has 1 saturated heterocycles. The fraction of sp³-hybridized carbons (Fsp3) is 0.350. The quantitative estimate of drug-likeness (QED) is 0.732. The zero-order chi connectivity index (χ0) is 17.1. The smallest absolute Gasteiger partial charge is 0.227 e. The fourth-order valence-electron chi connectivity index (χ4n) is 3.32.